The van der Waals surface area contributed by atoms with Crippen molar-refractivity contribution >= 4 is 16.7 Å². The summed E-state index contributed by atoms with van der Waals surface area (Å²) in [5.41, 5.74) is 3.65. The Hall–Kier alpha value is -2.95. The van der Waals surface area contributed by atoms with Crippen LogP contribution in [0.4, 0.5) is 0 Å². The second-order valence-corrected chi connectivity index (χ2v) is 5.32. The number of fused-ring (bicyclic) bond motifs is 5. The molecule has 1 N–H and O–H groups in total. The molecule has 0 unspecified atom stereocenters. The maximum absolute atomic E-state index is 12.9. The molecule has 1 heterocycles. The Morgan fingerprint density at radius 3 is 2.35 bits per heavy atom. The van der Waals surface area contributed by atoms with E-state index < -0.39 is 0 Å². The number of carbonyl (C=O) groups excluding carboxylic acids is 1. The first-order valence-electron chi connectivity index (χ1n) is 7.20. The third kappa shape index (κ3) is 1.64. The minimum atomic E-state index is -0.0355. The summed E-state index contributed by atoms with van der Waals surface area (Å²) in [6.07, 6.45) is 0. The highest BCUT2D eigenvalue weighted by molar-refractivity contribution is 6.28. The SMILES string of the molecule is COc1cc2c(c(OC)c1OC)-c1[nH]c3ccccc3c1C2=O. The maximum Gasteiger partial charge on any atom is 0.204 e. The van der Waals surface area contributed by atoms with Crippen LogP contribution in [0.2, 0.25) is 0 Å². The van der Waals surface area contributed by atoms with Crippen LogP contribution in [0.5, 0.6) is 17.2 Å². The molecule has 23 heavy (non-hydrogen) atoms. The molecule has 3 aromatic rings. The first-order chi connectivity index (χ1) is 11.2. The van der Waals surface area contributed by atoms with Gasteiger partial charge in [0.05, 0.1) is 38.2 Å². The zero-order valence-electron chi connectivity index (χ0n) is 13.0. The highest BCUT2D eigenvalue weighted by atomic mass is 16.5. The predicted molar refractivity (Wildman–Crippen MR) is 86.8 cm³/mol. The summed E-state index contributed by atoms with van der Waals surface area (Å²) < 4.78 is 16.3. The van der Waals surface area contributed by atoms with Gasteiger partial charge in [-0.3, -0.25) is 4.79 Å². The molecular formula is C18H15NO4. The number of para-hydroxylation sites is 1. The highest BCUT2D eigenvalue weighted by Gasteiger charge is 2.36. The van der Waals surface area contributed by atoms with Crippen LogP contribution in [0.3, 0.4) is 0 Å². The normalized spacial score (nSPS) is 12.2. The standard InChI is InChI=1S/C18H15NO4/c1-21-12-8-10-14(18(23-3)17(12)22-2)15-13(16(10)20)9-6-4-5-7-11(9)19-15/h4-8,19H,1-3H3. The average molecular weight is 309 g/mol. The van der Waals surface area contributed by atoms with Gasteiger partial charge in [0.2, 0.25) is 5.75 Å². The first kappa shape index (κ1) is 13.7. The summed E-state index contributed by atoms with van der Waals surface area (Å²) in [7, 11) is 4.65. The molecule has 2 aromatic carbocycles. The lowest BCUT2D eigenvalue weighted by Crippen LogP contribution is -2.01. The number of nitrogens with one attached hydrogen (secondary N) is 1. The predicted octanol–water partition coefficient (Wildman–Crippen LogP) is 3.41. The van der Waals surface area contributed by atoms with E-state index in [9.17, 15) is 4.79 Å². The van der Waals surface area contributed by atoms with E-state index in [1.54, 1.807) is 20.3 Å². The van der Waals surface area contributed by atoms with Crippen molar-refractivity contribution in [3.05, 3.63) is 41.5 Å². The molecule has 1 aliphatic carbocycles. The summed E-state index contributed by atoms with van der Waals surface area (Å²) in [6, 6.07) is 9.46. The van der Waals surface area contributed by atoms with Crippen molar-refractivity contribution in [2.75, 3.05) is 21.3 Å². The van der Waals surface area contributed by atoms with Crippen LogP contribution in [0.15, 0.2) is 30.3 Å². The molecule has 4 rings (SSSR count). The van der Waals surface area contributed by atoms with Crippen molar-refractivity contribution < 1.29 is 19.0 Å². The fraction of sp³-hybridized carbons (Fsp3) is 0.167. The fourth-order valence-corrected chi connectivity index (χ4v) is 3.28. The second-order valence-electron chi connectivity index (χ2n) is 5.32. The van der Waals surface area contributed by atoms with Gasteiger partial charge in [-0.15, -0.1) is 0 Å². The summed E-state index contributed by atoms with van der Waals surface area (Å²) in [5.74, 6) is 1.42. The monoisotopic (exact) mass is 309 g/mol. The van der Waals surface area contributed by atoms with E-state index in [0.29, 0.717) is 28.4 Å². The van der Waals surface area contributed by atoms with Gasteiger partial charge >= 0.3 is 0 Å². The molecule has 1 aromatic heterocycles. The number of hydrogen-bond donors (Lipinski definition) is 1. The van der Waals surface area contributed by atoms with E-state index in [4.69, 9.17) is 14.2 Å². The van der Waals surface area contributed by atoms with Crippen LogP contribution < -0.4 is 14.2 Å². The zero-order chi connectivity index (χ0) is 16.1. The van der Waals surface area contributed by atoms with Gasteiger partial charge in [0.1, 0.15) is 0 Å². The minimum Gasteiger partial charge on any atom is -0.493 e. The van der Waals surface area contributed by atoms with Gasteiger partial charge < -0.3 is 19.2 Å². The van der Waals surface area contributed by atoms with Crippen LogP contribution in [-0.2, 0) is 0 Å². The molecule has 0 aliphatic heterocycles. The Morgan fingerprint density at radius 1 is 0.913 bits per heavy atom. The topological polar surface area (TPSA) is 60.6 Å². The number of carbonyl (C=O) groups is 1. The summed E-state index contributed by atoms with van der Waals surface area (Å²) in [5, 5.41) is 0.906. The van der Waals surface area contributed by atoms with Crippen molar-refractivity contribution in [3.8, 4) is 28.5 Å². The van der Waals surface area contributed by atoms with Crippen molar-refractivity contribution in [2.24, 2.45) is 0 Å². The van der Waals surface area contributed by atoms with Crippen molar-refractivity contribution in [1.82, 2.24) is 4.98 Å². The van der Waals surface area contributed by atoms with Crippen molar-refractivity contribution in [3.63, 3.8) is 0 Å². The van der Waals surface area contributed by atoms with Gasteiger partial charge in [-0.05, 0) is 12.1 Å². The molecule has 0 radical (unpaired) electrons. The quantitative estimate of drug-likeness (QED) is 0.630. The summed E-state index contributed by atoms with van der Waals surface area (Å²) in [4.78, 5) is 16.3. The third-order valence-corrected chi connectivity index (χ3v) is 4.26. The third-order valence-electron chi connectivity index (χ3n) is 4.26. The maximum atomic E-state index is 12.9. The number of methoxy groups -OCH3 is 3. The molecule has 0 amide bonds. The molecule has 0 spiro atoms. The lowest BCUT2D eigenvalue weighted by atomic mass is 10.1. The van der Waals surface area contributed by atoms with Crippen LogP contribution >= 0.6 is 0 Å². The Labute approximate surface area is 132 Å². The van der Waals surface area contributed by atoms with Gasteiger partial charge in [-0.25, -0.2) is 0 Å². The number of H-pyrrole nitrogens is 1. The lowest BCUT2D eigenvalue weighted by Gasteiger charge is -2.15. The molecule has 5 heteroatoms. The zero-order valence-corrected chi connectivity index (χ0v) is 13.0. The van der Waals surface area contributed by atoms with E-state index in [1.165, 1.54) is 7.11 Å². The molecule has 0 bridgehead atoms. The number of ether oxygens (including phenoxy) is 3. The molecule has 116 valence electrons. The number of benzene rings is 2. The molecule has 1 aliphatic rings. The smallest absolute Gasteiger partial charge is 0.204 e. The number of rotatable bonds is 3. The summed E-state index contributed by atoms with van der Waals surface area (Å²) >= 11 is 0. The fourth-order valence-electron chi connectivity index (χ4n) is 3.28. The number of hydrogen-bond acceptors (Lipinski definition) is 4. The van der Waals surface area contributed by atoms with Crippen molar-refractivity contribution in [1.29, 1.82) is 0 Å². The van der Waals surface area contributed by atoms with E-state index in [1.807, 2.05) is 24.3 Å². The Kier molecular flexibility index (Phi) is 2.84. The number of aromatic amines is 1. The van der Waals surface area contributed by atoms with E-state index in [-0.39, 0.29) is 5.78 Å². The van der Waals surface area contributed by atoms with Crippen LogP contribution in [0.1, 0.15) is 15.9 Å². The van der Waals surface area contributed by atoms with Gasteiger partial charge in [0, 0.05) is 16.5 Å². The van der Waals surface area contributed by atoms with E-state index in [0.717, 1.165) is 22.2 Å². The average Bonchev–Trinajstić information content (AvgIpc) is 3.09. The van der Waals surface area contributed by atoms with E-state index in [2.05, 4.69) is 4.98 Å². The number of ketones is 1. The molecule has 0 saturated heterocycles. The Balaban J connectivity index is 2.12. The largest absolute Gasteiger partial charge is 0.493 e. The van der Waals surface area contributed by atoms with Gasteiger partial charge in [0.25, 0.3) is 0 Å². The molecular weight excluding hydrogens is 294 g/mol. The van der Waals surface area contributed by atoms with Gasteiger partial charge in [-0.2, -0.15) is 0 Å². The second kappa shape index (κ2) is 4.78. The van der Waals surface area contributed by atoms with Crippen molar-refractivity contribution in [2.45, 2.75) is 0 Å². The number of aromatic nitrogens is 1. The molecule has 0 atom stereocenters. The lowest BCUT2D eigenvalue weighted by molar-refractivity contribution is 0.104. The molecule has 0 saturated carbocycles. The van der Waals surface area contributed by atoms with Gasteiger partial charge in [-0.1, -0.05) is 18.2 Å². The Bertz CT molecular complexity index is 955. The van der Waals surface area contributed by atoms with E-state index >= 15 is 0 Å². The first-order valence-corrected chi connectivity index (χ1v) is 7.20. The summed E-state index contributed by atoms with van der Waals surface area (Å²) in [6.45, 7) is 0. The molecule has 5 nitrogen and oxygen atoms in total. The van der Waals surface area contributed by atoms with Crippen LogP contribution in [0.25, 0.3) is 22.2 Å². The minimum absolute atomic E-state index is 0.0355. The highest BCUT2D eigenvalue weighted by Crippen LogP contribution is 2.52. The van der Waals surface area contributed by atoms with Gasteiger partial charge in [0.15, 0.2) is 17.3 Å². The van der Waals surface area contributed by atoms with Crippen LogP contribution in [-0.4, -0.2) is 32.1 Å². The Morgan fingerprint density at radius 2 is 1.65 bits per heavy atom. The van der Waals surface area contributed by atoms with Crippen LogP contribution in [0, 0.1) is 0 Å². The molecule has 0 fully saturated rings.